The number of H-pyrrole nitrogens is 1. The molecule has 0 bridgehead atoms. The number of hydrogen-bond donors (Lipinski definition) is 4. The number of aliphatic imine (C=N–C) groups is 1. The first-order valence-corrected chi connectivity index (χ1v) is 7.70. The summed E-state index contributed by atoms with van der Waals surface area (Å²) in [5.74, 6) is -1.25. The number of benzene rings is 1. The van der Waals surface area contributed by atoms with Crippen LogP contribution in [0.3, 0.4) is 0 Å². The van der Waals surface area contributed by atoms with Crippen molar-refractivity contribution >= 4 is 11.8 Å². The van der Waals surface area contributed by atoms with E-state index in [9.17, 15) is 20.2 Å². The van der Waals surface area contributed by atoms with Gasteiger partial charge >= 0.3 is 0 Å². The fourth-order valence-corrected chi connectivity index (χ4v) is 2.51. The molecule has 0 saturated carbocycles. The number of carbonyl (C=O) groups excluding carboxylic acids is 1. The number of nitrogens with one attached hydrogen (secondary N) is 1. The predicted molar refractivity (Wildman–Crippen MR) is 86.4 cm³/mol. The Morgan fingerprint density at radius 1 is 1.40 bits per heavy atom. The minimum absolute atomic E-state index is 0.0428. The van der Waals surface area contributed by atoms with Crippen LogP contribution in [-0.4, -0.2) is 60.9 Å². The highest BCUT2D eigenvalue weighted by atomic mass is 16.5. The Morgan fingerprint density at radius 3 is 2.92 bits per heavy atom. The van der Waals surface area contributed by atoms with Crippen molar-refractivity contribution < 1.29 is 25.0 Å². The monoisotopic (exact) mass is 346 g/mol. The van der Waals surface area contributed by atoms with E-state index in [0.717, 1.165) is 5.69 Å². The molecule has 0 aliphatic carbocycles. The van der Waals surface area contributed by atoms with E-state index in [-0.39, 0.29) is 29.5 Å². The van der Waals surface area contributed by atoms with Crippen LogP contribution in [0.5, 0.6) is 11.5 Å². The topological polar surface area (TPSA) is 131 Å². The van der Waals surface area contributed by atoms with E-state index in [4.69, 9.17) is 4.74 Å². The quantitative estimate of drug-likeness (QED) is 0.360. The zero-order valence-corrected chi connectivity index (χ0v) is 13.5. The van der Waals surface area contributed by atoms with Gasteiger partial charge in [0.1, 0.15) is 6.10 Å². The Morgan fingerprint density at radius 2 is 2.20 bits per heavy atom. The molecule has 1 aromatic carbocycles. The normalized spacial score (nSPS) is 19.4. The van der Waals surface area contributed by atoms with Crippen molar-refractivity contribution in [3.05, 3.63) is 42.0 Å². The summed E-state index contributed by atoms with van der Waals surface area (Å²) in [5, 5.41) is 30.1. The minimum Gasteiger partial charge on any atom is -0.504 e. The summed E-state index contributed by atoms with van der Waals surface area (Å²) in [4.78, 5) is 23.3. The first-order valence-electron chi connectivity index (χ1n) is 7.70. The predicted octanol–water partition coefficient (Wildman–Crippen LogP) is 0.815. The maximum absolute atomic E-state index is 12.4. The van der Waals surface area contributed by atoms with Gasteiger partial charge in [0.25, 0.3) is 5.91 Å². The number of imidazole rings is 1. The van der Waals surface area contributed by atoms with Gasteiger partial charge in [-0.3, -0.25) is 10.0 Å². The lowest BCUT2D eigenvalue weighted by Gasteiger charge is -2.19. The molecule has 3 rings (SSSR count). The molecule has 1 aliphatic heterocycles. The third-order valence-electron chi connectivity index (χ3n) is 3.90. The summed E-state index contributed by atoms with van der Waals surface area (Å²) in [6.07, 6.45) is 2.92. The molecule has 1 aliphatic rings. The maximum Gasteiger partial charge on any atom is 0.274 e. The highest BCUT2D eigenvalue weighted by Crippen LogP contribution is 2.31. The van der Waals surface area contributed by atoms with Gasteiger partial charge in [0, 0.05) is 18.3 Å². The van der Waals surface area contributed by atoms with Crippen LogP contribution in [0.4, 0.5) is 0 Å². The molecule has 0 unspecified atom stereocenters. The number of nitrogens with zero attached hydrogens (tertiary/aromatic N) is 3. The van der Waals surface area contributed by atoms with E-state index in [0.29, 0.717) is 11.5 Å². The van der Waals surface area contributed by atoms with Crippen LogP contribution >= 0.6 is 0 Å². The molecule has 9 heteroatoms. The van der Waals surface area contributed by atoms with Crippen molar-refractivity contribution in [1.29, 1.82) is 0 Å². The molecule has 0 fully saturated rings. The van der Waals surface area contributed by atoms with E-state index in [1.165, 1.54) is 24.5 Å². The Hall–Kier alpha value is -3.07. The van der Waals surface area contributed by atoms with Gasteiger partial charge in [-0.25, -0.2) is 15.0 Å². The standard InChI is InChI=1S/C16H18N4O5/c1-9-13(16(23)20(24)6-5-10-7-17-8-18-10)19-15(25-9)11-3-2-4-12(21)14(11)22/h2-4,7-9,13,21-22,24H,5-6H2,1H3,(H,17,18)/t9-,13+/m0/s1. The van der Waals surface area contributed by atoms with Crippen LogP contribution in [0.15, 0.2) is 35.7 Å². The van der Waals surface area contributed by atoms with E-state index in [2.05, 4.69) is 15.0 Å². The van der Waals surface area contributed by atoms with E-state index in [1.54, 1.807) is 13.1 Å². The largest absolute Gasteiger partial charge is 0.504 e. The van der Waals surface area contributed by atoms with Crippen LogP contribution in [0.25, 0.3) is 0 Å². The maximum atomic E-state index is 12.4. The van der Waals surface area contributed by atoms with Crippen LogP contribution in [0.1, 0.15) is 18.2 Å². The number of hydroxylamine groups is 2. The van der Waals surface area contributed by atoms with Gasteiger partial charge in [0.2, 0.25) is 5.90 Å². The molecular formula is C16H18N4O5. The van der Waals surface area contributed by atoms with Crippen molar-refractivity contribution in [3.63, 3.8) is 0 Å². The van der Waals surface area contributed by atoms with Crippen molar-refractivity contribution in [2.75, 3.05) is 6.54 Å². The molecule has 4 N–H and O–H groups in total. The number of aromatic hydroxyl groups is 2. The van der Waals surface area contributed by atoms with Crippen molar-refractivity contribution in [3.8, 4) is 11.5 Å². The number of amides is 1. The smallest absolute Gasteiger partial charge is 0.274 e. The number of aromatic nitrogens is 2. The van der Waals surface area contributed by atoms with Gasteiger partial charge in [-0.2, -0.15) is 0 Å². The van der Waals surface area contributed by atoms with Gasteiger partial charge in [0.05, 0.1) is 18.4 Å². The molecule has 1 aromatic heterocycles. The first kappa shape index (κ1) is 16.8. The van der Waals surface area contributed by atoms with Crippen molar-refractivity contribution in [2.45, 2.75) is 25.5 Å². The van der Waals surface area contributed by atoms with Crippen LogP contribution in [-0.2, 0) is 16.0 Å². The number of phenols is 2. The molecule has 1 amide bonds. The number of hydrogen-bond acceptors (Lipinski definition) is 7. The molecule has 0 saturated heterocycles. The lowest BCUT2D eigenvalue weighted by molar-refractivity contribution is -0.168. The third kappa shape index (κ3) is 3.41. The van der Waals surface area contributed by atoms with Crippen LogP contribution < -0.4 is 0 Å². The number of aromatic amines is 1. The fourth-order valence-electron chi connectivity index (χ4n) is 2.51. The molecule has 0 radical (unpaired) electrons. The van der Waals surface area contributed by atoms with Crippen LogP contribution in [0.2, 0.25) is 0 Å². The zero-order valence-electron chi connectivity index (χ0n) is 13.5. The second kappa shape index (κ2) is 6.81. The Labute approximate surface area is 143 Å². The van der Waals surface area contributed by atoms with E-state index >= 15 is 0 Å². The van der Waals surface area contributed by atoms with Crippen LogP contribution in [0, 0.1) is 0 Å². The molecular weight excluding hydrogens is 328 g/mol. The fraction of sp³-hybridized carbons (Fsp3) is 0.312. The first-order chi connectivity index (χ1) is 12.0. The highest BCUT2D eigenvalue weighted by Gasteiger charge is 2.37. The van der Waals surface area contributed by atoms with Gasteiger partial charge in [0.15, 0.2) is 17.5 Å². The molecule has 0 spiro atoms. The number of para-hydroxylation sites is 1. The van der Waals surface area contributed by atoms with Gasteiger partial charge in [-0.05, 0) is 19.1 Å². The molecule has 132 valence electrons. The van der Waals surface area contributed by atoms with Crippen molar-refractivity contribution in [2.24, 2.45) is 4.99 Å². The summed E-state index contributed by atoms with van der Waals surface area (Å²) in [7, 11) is 0. The number of phenolic OH excluding ortho intramolecular Hbond substituents is 2. The molecule has 25 heavy (non-hydrogen) atoms. The Bertz CT molecular complexity index is 790. The van der Waals surface area contributed by atoms with Gasteiger partial charge in [-0.1, -0.05) is 6.07 Å². The Balaban J connectivity index is 1.71. The van der Waals surface area contributed by atoms with Gasteiger partial charge < -0.3 is 19.9 Å². The zero-order chi connectivity index (χ0) is 18.0. The SMILES string of the molecule is C[C@@H]1OC(c2cccc(O)c2O)=N[C@H]1C(=O)N(O)CCc1cnc[nH]1. The molecule has 9 nitrogen and oxygen atoms in total. The average Bonchev–Trinajstić information content (AvgIpc) is 3.24. The number of ether oxygens (including phenoxy) is 1. The lowest BCUT2D eigenvalue weighted by atomic mass is 10.2. The Kier molecular flexibility index (Phi) is 4.57. The molecule has 2 aromatic rings. The van der Waals surface area contributed by atoms with E-state index < -0.39 is 18.1 Å². The number of carbonyl (C=O) groups is 1. The van der Waals surface area contributed by atoms with E-state index in [1.807, 2.05) is 0 Å². The van der Waals surface area contributed by atoms with Gasteiger partial charge in [-0.15, -0.1) is 0 Å². The van der Waals surface area contributed by atoms with Crippen molar-refractivity contribution in [1.82, 2.24) is 15.0 Å². The molecule has 2 atom stereocenters. The summed E-state index contributed by atoms with van der Waals surface area (Å²) >= 11 is 0. The number of rotatable bonds is 5. The average molecular weight is 346 g/mol. The molecule has 2 heterocycles. The minimum atomic E-state index is -0.941. The second-order valence-corrected chi connectivity index (χ2v) is 5.66. The summed E-state index contributed by atoms with van der Waals surface area (Å²) in [6.45, 7) is 1.72. The summed E-state index contributed by atoms with van der Waals surface area (Å²) < 4.78 is 5.52. The summed E-state index contributed by atoms with van der Waals surface area (Å²) in [5.41, 5.74) is 0.973. The summed E-state index contributed by atoms with van der Waals surface area (Å²) in [6, 6.07) is 3.43. The lowest BCUT2D eigenvalue weighted by Crippen LogP contribution is -2.41. The third-order valence-corrected chi connectivity index (χ3v) is 3.90. The highest BCUT2D eigenvalue weighted by molar-refractivity contribution is 6.01. The second-order valence-electron chi connectivity index (χ2n) is 5.66.